The molecule has 0 aromatic rings. The van der Waals surface area contributed by atoms with Crippen LogP contribution in [0.3, 0.4) is 0 Å². The molecule has 0 saturated carbocycles. The van der Waals surface area contributed by atoms with E-state index in [4.69, 9.17) is 14.6 Å². The predicted octanol–water partition coefficient (Wildman–Crippen LogP) is 2.50. The highest BCUT2D eigenvalue weighted by Crippen LogP contribution is 2.22. The molecule has 0 atom stereocenters. The van der Waals surface area contributed by atoms with Crippen molar-refractivity contribution < 1.29 is 19.4 Å². The van der Waals surface area contributed by atoms with E-state index in [1.54, 1.807) is 6.92 Å². The number of aliphatic hydroxyl groups excluding tert-OH is 1. The quantitative estimate of drug-likeness (QED) is 0.396. The van der Waals surface area contributed by atoms with Crippen LogP contribution in [-0.2, 0) is 14.3 Å². The van der Waals surface area contributed by atoms with Crippen molar-refractivity contribution in [3.63, 3.8) is 0 Å². The number of hydrogen-bond donors (Lipinski definition) is 1. The van der Waals surface area contributed by atoms with Gasteiger partial charge in [0, 0.05) is 6.08 Å². The first-order valence-corrected chi connectivity index (χ1v) is 6.72. The van der Waals surface area contributed by atoms with E-state index in [9.17, 15) is 4.79 Å². The van der Waals surface area contributed by atoms with E-state index < -0.39 is 0 Å². The molecule has 1 rings (SSSR count). The Morgan fingerprint density at radius 1 is 1.53 bits per heavy atom. The number of carbonyl (C=O) groups is 1. The normalized spacial score (nSPS) is 14.4. The lowest BCUT2D eigenvalue weighted by Crippen LogP contribution is -1.98. The largest absolute Gasteiger partial charge is 0.492 e. The van der Waals surface area contributed by atoms with Crippen molar-refractivity contribution in [2.45, 2.75) is 32.6 Å². The first-order chi connectivity index (χ1) is 9.26. The average molecular weight is 266 g/mol. The van der Waals surface area contributed by atoms with Gasteiger partial charge >= 0.3 is 5.97 Å². The summed E-state index contributed by atoms with van der Waals surface area (Å²) in [5.41, 5.74) is 1.33. The number of esters is 1. The molecule has 1 aliphatic rings. The Hall–Kier alpha value is -1.55. The molecule has 0 heterocycles. The van der Waals surface area contributed by atoms with Gasteiger partial charge in [-0.25, -0.2) is 4.79 Å². The summed E-state index contributed by atoms with van der Waals surface area (Å²) in [6, 6.07) is 0. The number of allylic oxidation sites excluding steroid dienone is 4. The van der Waals surface area contributed by atoms with Crippen molar-refractivity contribution in [3.8, 4) is 0 Å². The molecule has 4 nitrogen and oxygen atoms in total. The lowest BCUT2D eigenvalue weighted by molar-refractivity contribution is -0.137. The molecular weight excluding hydrogens is 244 g/mol. The van der Waals surface area contributed by atoms with E-state index in [0.29, 0.717) is 13.2 Å². The second kappa shape index (κ2) is 9.39. The van der Waals surface area contributed by atoms with Crippen LogP contribution < -0.4 is 0 Å². The second-order valence-corrected chi connectivity index (χ2v) is 4.23. The first-order valence-electron chi connectivity index (χ1n) is 6.72. The van der Waals surface area contributed by atoms with Crippen LogP contribution in [0.2, 0.25) is 0 Å². The maximum absolute atomic E-state index is 11.0. The minimum absolute atomic E-state index is 0.0408. The maximum Gasteiger partial charge on any atom is 0.330 e. The number of ether oxygens (including phenoxy) is 2. The molecule has 0 unspecified atom stereocenters. The zero-order valence-electron chi connectivity index (χ0n) is 11.4. The molecule has 19 heavy (non-hydrogen) atoms. The second-order valence-electron chi connectivity index (χ2n) is 4.23. The van der Waals surface area contributed by atoms with Crippen molar-refractivity contribution in [1.29, 1.82) is 0 Å². The standard InChI is InChI=1S/C15H22O4/c1-2-18-15(17)7-5-3-4-6-13-8-9-14(12-13)19-11-10-16/h5,7,9,12,16H,2-4,6,8,10-11H2,1H3/b7-5+. The van der Waals surface area contributed by atoms with Crippen molar-refractivity contribution in [1.82, 2.24) is 0 Å². The Balaban J connectivity index is 2.13. The Kier molecular flexibility index (Phi) is 7.66. The van der Waals surface area contributed by atoms with Gasteiger partial charge in [0.05, 0.1) is 13.2 Å². The number of carbonyl (C=O) groups excluding carboxylic acids is 1. The van der Waals surface area contributed by atoms with Crippen LogP contribution in [0.5, 0.6) is 0 Å². The summed E-state index contributed by atoms with van der Waals surface area (Å²) in [5, 5.41) is 8.66. The monoisotopic (exact) mass is 266 g/mol. The SMILES string of the molecule is CCOC(=O)/C=C/CCCC1=CC(OCCO)=CC1. The fourth-order valence-electron chi connectivity index (χ4n) is 1.81. The van der Waals surface area contributed by atoms with Gasteiger partial charge in [0.15, 0.2) is 0 Å². The molecule has 0 aromatic carbocycles. The van der Waals surface area contributed by atoms with E-state index in [2.05, 4.69) is 0 Å². The summed E-state index contributed by atoms with van der Waals surface area (Å²) < 4.78 is 10.1. The average Bonchev–Trinajstić information content (AvgIpc) is 2.84. The van der Waals surface area contributed by atoms with Gasteiger partial charge in [0.1, 0.15) is 12.4 Å². The topological polar surface area (TPSA) is 55.8 Å². The molecule has 0 saturated heterocycles. The van der Waals surface area contributed by atoms with Gasteiger partial charge in [0.2, 0.25) is 0 Å². The molecule has 0 amide bonds. The molecule has 106 valence electrons. The van der Waals surface area contributed by atoms with Crippen LogP contribution in [0.15, 0.2) is 35.6 Å². The van der Waals surface area contributed by atoms with E-state index in [-0.39, 0.29) is 12.6 Å². The van der Waals surface area contributed by atoms with Crippen LogP contribution in [0.25, 0.3) is 0 Å². The smallest absolute Gasteiger partial charge is 0.330 e. The fraction of sp³-hybridized carbons (Fsp3) is 0.533. The van der Waals surface area contributed by atoms with Crippen LogP contribution in [0, 0.1) is 0 Å². The fourth-order valence-corrected chi connectivity index (χ4v) is 1.81. The Morgan fingerprint density at radius 3 is 3.11 bits per heavy atom. The Bertz CT molecular complexity index is 366. The van der Waals surface area contributed by atoms with Crippen LogP contribution in [-0.4, -0.2) is 30.9 Å². The van der Waals surface area contributed by atoms with Gasteiger partial charge in [-0.15, -0.1) is 0 Å². The molecule has 0 aromatic heterocycles. The minimum atomic E-state index is -0.274. The van der Waals surface area contributed by atoms with Gasteiger partial charge < -0.3 is 14.6 Å². The summed E-state index contributed by atoms with van der Waals surface area (Å²) in [6.07, 6.45) is 11.2. The lowest BCUT2D eigenvalue weighted by Gasteiger charge is -2.01. The zero-order valence-corrected chi connectivity index (χ0v) is 11.4. The van der Waals surface area contributed by atoms with Gasteiger partial charge in [-0.3, -0.25) is 0 Å². The molecule has 0 fully saturated rings. The van der Waals surface area contributed by atoms with Crippen LogP contribution in [0.4, 0.5) is 0 Å². The van der Waals surface area contributed by atoms with E-state index >= 15 is 0 Å². The van der Waals surface area contributed by atoms with Crippen molar-refractivity contribution >= 4 is 5.97 Å². The predicted molar refractivity (Wildman–Crippen MR) is 73.4 cm³/mol. The van der Waals surface area contributed by atoms with E-state index in [0.717, 1.165) is 31.4 Å². The summed E-state index contributed by atoms with van der Waals surface area (Å²) in [4.78, 5) is 11.0. The highest BCUT2D eigenvalue weighted by molar-refractivity contribution is 5.81. The lowest BCUT2D eigenvalue weighted by atomic mass is 10.1. The molecule has 0 bridgehead atoms. The number of rotatable bonds is 9. The highest BCUT2D eigenvalue weighted by atomic mass is 16.5. The first kappa shape index (κ1) is 15.5. The third-order valence-corrected chi connectivity index (χ3v) is 2.68. The molecule has 0 radical (unpaired) electrons. The van der Waals surface area contributed by atoms with E-state index in [1.165, 1.54) is 11.6 Å². The third-order valence-electron chi connectivity index (χ3n) is 2.68. The molecule has 0 spiro atoms. The highest BCUT2D eigenvalue weighted by Gasteiger charge is 2.06. The summed E-state index contributed by atoms with van der Waals surface area (Å²) in [7, 11) is 0. The van der Waals surface area contributed by atoms with Gasteiger partial charge in [-0.05, 0) is 44.8 Å². The van der Waals surface area contributed by atoms with Gasteiger partial charge in [-0.1, -0.05) is 11.6 Å². The number of aliphatic hydroxyl groups is 1. The molecular formula is C15H22O4. The minimum Gasteiger partial charge on any atom is -0.492 e. The zero-order chi connectivity index (χ0) is 13.9. The van der Waals surface area contributed by atoms with Gasteiger partial charge in [0.25, 0.3) is 0 Å². The molecule has 4 heteroatoms. The van der Waals surface area contributed by atoms with Crippen LogP contribution >= 0.6 is 0 Å². The third kappa shape index (κ3) is 6.82. The number of unbranched alkanes of at least 4 members (excludes halogenated alkanes) is 1. The van der Waals surface area contributed by atoms with Crippen LogP contribution in [0.1, 0.15) is 32.6 Å². The Morgan fingerprint density at radius 2 is 2.37 bits per heavy atom. The maximum atomic E-state index is 11.0. The van der Waals surface area contributed by atoms with Crippen molar-refractivity contribution in [3.05, 3.63) is 35.6 Å². The Labute approximate surface area is 114 Å². The molecule has 0 aliphatic heterocycles. The summed E-state index contributed by atoms with van der Waals surface area (Å²) in [6.45, 7) is 2.59. The van der Waals surface area contributed by atoms with E-state index in [1.807, 2.05) is 18.2 Å². The summed E-state index contributed by atoms with van der Waals surface area (Å²) in [5.74, 6) is 0.579. The van der Waals surface area contributed by atoms with Gasteiger partial charge in [-0.2, -0.15) is 0 Å². The molecule has 1 N–H and O–H groups in total. The van der Waals surface area contributed by atoms with Crippen molar-refractivity contribution in [2.24, 2.45) is 0 Å². The van der Waals surface area contributed by atoms with Crippen molar-refractivity contribution in [2.75, 3.05) is 19.8 Å². The summed E-state index contributed by atoms with van der Waals surface area (Å²) >= 11 is 0. The number of hydrogen-bond acceptors (Lipinski definition) is 4. The molecule has 1 aliphatic carbocycles.